The molecule has 1 aliphatic rings. The quantitative estimate of drug-likeness (QED) is 0.783. The molecule has 6 nitrogen and oxygen atoms in total. The molecule has 0 aliphatic carbocycles. The van der Waals surface area contributed by atoms with Crippen LogP contribution in [0.3, 0.4) is 0 Å². The van der Waals surface area contributed by atoms with Gasteiger partial charge in [-0.05, 0) is 12.1 Å². The van der Waals surface area contributed by atoms with Crippen LogP contribution in [0.15, 0.2) is 24.3 Å². The van der Waals surface area contributed by atoms with Gasteiger partial charge in [0.05, 0.1) is 18.5 Å². The third-order valence-corrected chi connectivity index (χ3v) is 4.00. The molecule has 1 heterocycles. The van der Waals surface area contributed by atoms with E-state index in [4.69, 9.17) is 4.74 Å². The molecule has 2 rings (SSSR count). The van der Waals surface area contributed by atoms with Crippen LogP contribution in [0.2, 0.25) is 0 Å². The number of anilines is 1. The molecule has 1 aliphatic heterocycles. The summed E-state index contributed by atoms with van der Waals surface area (Å²) in [6.07, 6.45) is 0.298. The lowest BCUT2D eigenvalue weighted by Crippen LogP contribution is -2.50. The Morgan fingerprint density at radius 3 is 2.58 bits per heavy atom. The summed E-state index contributed by atoms with van der Waals surface area (Å²) in [5.74, 6) is 0.141. The molecule has 1 amide bonds. The van der Waals surface area contributed by atoms with Gasteiger partial charge in [0.1, 0.15) is 5.75 Å². The summed E-state index contributed by atoms with van der Waals surface area (Å²) in [6.45, 7) is -0.00708. The molecule has 104 valence electrons. The van der Waals surface area contributed by atoms with Crippen molar-refractivity contribution in [1.29, 1.82) is 0 Å². The minimum Gasteiger partial charge on any atom is -0.476 e. The summed E-state index contributed by atoms with van der Waals surface area (Å²) in [6, 6.07) is 6.78. The second kappa shape index (κ2) is 4.73. The molecule has 7 heteroatoms. The Bertz CT molecular complexity index is 598. The number of para-hydroxylation sites is 2. The number of ether oxygens (including phenoxy) is 1. The number of hydrogen-bond donors (Lipinski definition) is 0. The maximum atomic E-state index is 12.0. The van der Waals surface area contributed by atoms with E-state index in [0.29, 0.717) is 11.4 Å². The standard InChI is InChI=1S/C12H16N2O4S/c1-13(2)12(15)11-8-14(19(3,16)17)9-6-4-5-7-10(9)18-11/h4-7,11H,8H2,1-3H3/t11-/m0/s1. The predicted molar refractivity (Wildman–Crippen MR) is 71.7 cm³/mol. The molecule has 0 spiro atoms. The summed E-state index contributed by atoms with van der Waals surface area (Å²) >= 11 is 0. The maximum Gasteiger partial charge on any atom is 0.265 e. The molecule has 0 bridgehead atoms. The second-order valence-corrected chi connectivity index (χ2v) is 6.51. The van der Waals surface area contributed by atoms with Gasteiger partial charge in [-0.15, -0.1) is 0 Å². The van der Waals surface area contributed by atoms with Gasteiger partial charge in [-0.25, -0.2) is 8.42 Å². The zero-order valence-corrected chi connectivity index (χ0v) is 11.8. The highest BCUT2D eigenvalue weighted by atomic mass is 32.2. The van der Waals surface area contributed by atoms with E-state index in [1.807, 2.05) is 0 Å². The van der Waals surface area contributed by atoms with Crippen LogP contribution in [-0.4, -0.2) is 52.2 Å². The number of benzene rings is 1. The lowest BCUT2D eigenvalue weighted by atomic mass is 10.2. The summed E-state index contributed by atoms with van der Waals surface area (Å²) in [5, 5.41) is 0. The number of fused-ring (bicyclic) bond motifs is 1. The highest BCUT2D eigenvalue weighted by molar-refractivity contribution is 7.92. The second-order valence-electron chi connectivity index (χ2n) is 4.60. The molecule has 0 fully saturated rings. The van der Waals surface area contributed by atoms with Crippen molar-refractivity contribution in [3.63, 3.8) is 0 Å². The number of hydrogen-bond acceptors (Lipinski definition) is 4. The average molecular weight is 284 g/mol. The minimum absolute atomic E-state index is 0.00708. The van der Waals surface area contributed by atoms with Crippen molar-refractivity contribution in [3.8, 4) is 5.75 Å². The first kappa shape index (κ1) is 13.7. The first-order valence-corrected chi connectivity index (χ1v) is 7.60. The molecule has 1 atom stereocenters. The molecule has 1 aromatic carbocycles. The van der Waals surface area contributed by atoms with Gasteiger partial charge in [-0.2, -0.15) is 0 Å². The van der Waals surface area contributed by atoms with Crippen LogP contribution in [0, 0.1) is 0 Å². The van der Waals surface area contributed by atoms with Gasteiger partial charge < -0.3 is 9.64 Å². The molecule has 0 N–H and O–H groups in total. The van der Waals surface area contributed by atoms with E-state index in [9.17, 15) is 13.2 Å². The van der Waals surface area contributed by atoms with E-state index >= 15 is 0 Å². The Hall–Kier alpha value is -1.76. The van der Waals surface area contributed by atoms with Crippen molar-refractivity contribution in [1.82, 2.24) is 4.90 Å². The molecule has 0 saturated heterocycles. The number of sulfonamides is 1. The van der Waals surface area contributed by atoms with Crippen LogP contribution < -0.4 is 9.04 Å². The van der Waals surface area contributed by atoms with Crippen molar-refractivity contribution in [2.45, 2.75) is 6.10 Å². The monoisotopic (exact) mass is 284 g/mol. The Labute approximate surface area is 112 Å². The zero-order chi connectivity index (χ0) is 14.2. The zero-order valence-electron chi connectivity index (χ0n) is 11.0. The van der Waals surface area contributed by atoms with E-state index in [1.54, 1.807) is 38.4 Å². The molecule has 1 aromatic rings. The van der Waals surface area contributed by atoms with Gasteiger partial charge in [-0.1, -0.05) is 12.1 Å². The largest absolute Gasteiger partial charge is 0.476 e. The SMILES string of the molecule is CN(C)C(=O)[C@@H]1CN(S(C)(=O)=O)c2ccccc2O1. The molecule has 0 unspecified atom stereocenters. The van der Waals surface area contributed by atoms with Crippen molar-refractivity contribution < 1.29 is 17.9 Å². The first-order valence-electron chi connectivity index (χ1n) is 5.75. The first-order chi connectivity index (χ1) is 8.80. The van der Waals surface area contributed by atoms with E-state index in [1.165, 1.54) is 9.21 Å². The molecule has 0 saturated carbocycles. The van der Waals surface area contributed by atoms with Crippen LogP contribution in [0.5, 0.6) is 5.75 Å². The maximum absolute atomic E-state index is 12.0. The topological polar surface area (TPSA) is 66.9 Å². The molecule has 19 heavy (non-hydrogen) atoms. The van der Waals surface area contributed by atoms with Gasteiger partial charge in [0.2, 0.25) is 10.0 Å². The molecular weight excluding hydrogens is 268 g/mol. The number of carbonyl (C=O) groups excluding carboxylic acids is 1. The summed E-state index contributed by atoms with van der Waals surface area (Å²) < 4.78 is 30.5. The fourth-order valence-corrected chi connectivity index (χ4v) is 2.85. The summed E-state index contributed by atoms with van der Waals surface area (Å²) in [4.78, 5) is 13.3. The van der Waals surface area contributed by atoms with Crippen LogP contribution in [0.4, 0.5) is 5.69 Å². The lowest BCUT2D eigenvalue weighted by Gasteiger charge is -2.34. The smallest absolute Gasteiger partial charge is 0.265 e. The summed E-state index contributed by atoms with van der Waals surface area (Å²) in [5.41, 5.74) is 0.466. The minimum atomic E-state index is -3.45. The molecule has 0 radical (unpaired) electrons. The van der Waals surface area contributed by atoms with Crippen molar-refractivity contribution in [2.75, 3.05) is 31.2 Å². The van der Waals surface area contributed by atoms with Gasteiger partial charge in [-0.3, -0.25) is 9.10 Å². The van der Waals surface area contributed by atoms with Gasteiger partial charge in [0, 0.05) is 14.1 Å². The average Bonchev–Trinajstić information content (AvgIpc) is 2.35. The Morgan fingerprint density at radius 2 is 2.00 bits per heavy atom. The van der Waals surface area contributed by atoms with E-state index in [2.05, 4.69) is 0 Å². The van der Waals surface area contributed by atoms with E-state index in [-0.39, 0.29) is 12.5 Å². The fourth-order valence-electron chi connectivity index (χ4n) is 1.93. The van der Waals surface area contributed by atoms with Gasteiger partial charge in [0.15, 0.2) is 6.10 Å². The molecule has 0 aromatic heterocycles. The highest BCUT2D eigenvalue weighted by Gasteiger charge is 2.35. The lowest BCUT2D eigenvalue weighted by molar-refractivity contribution is -0.135. The number of likely N-dealkylation sites (N-methyl/N-ethyl adjacent to an activating group) is 1. The van der Waals surface area contributed by atoms with Crippen molar-refractivity contribution in [3.05, 3.63) is 24.3 Å². The van der Waals surface area contributed by atoms with Gasteiger partial charge in [0.25, 0.3) is 5.91 Å². The Morgan fingerprint density at radius 1 is 1.37 bits per heavy atom. The Kier molecular flexibility index (Phi) is 3.40. The van der Waals surface area contributed by atoms with Gasteiger partial charge >= 0.3 is 0 Å². The number of carbonyl (C=O) groups is 1. The fraction of sp³-hybridized carbons (Fsp3) is 0.417. The molecular formula is C12H16N2O4S. The van der Waals surface area contributed by atoms with Crippen LogP contribution in [-0.2, 0) is 14.8 Å². The van der Waals surface area contributed by atoms with E-state index < -0.39 is 16.1 Å². The number of nitrogens with zero attached hydrogens (tertiary/aromatic N) is 2. The highest BCUT2D eigenvalue weighted by Crippen LogP contribution is 2.34. The Balaban J connectivity index is 2.43. The van der Waals surface area contributed by atoms with E-state index in [0.717, 1.165) is 6.26 Å². The normalized spacial score (nSPS) is 18.5. The predicted octanol–water partition coefficient (Wildman–Crippen LogP) is 0.302. The third-order valence-electron chi connectivity index (χ3n) is 2.85. The van der Waals surface area contributed by atoms with Crippen LogP contribution in [0.1, 0.15) is 0 Å². The van der Waals surface area contributed by atoms with Crippen LogP contribution in [0.25, 0.3) is 0 Å². The van der Waals surface area contributed by atoms with Crippen molar-refractivity contribution in [2.24, 2.45) is 0 Å². The number of amides is 1. The number of rotatable bonds is 2. The van der Waals surface area contributed by atoms with Crippen LogP contribution >= 0.6 is 0 Å². The third kappa shape index (κ3) is 2.65. The summed E-state index contributed by atoms with van der Waals surface area (Å²) in [7, 11) is -0.233. The van der Waals surface area contributed by atoms with Crippen molar-refractivity contribution >= 4 is 21.6 Å².